The van der Waals surface area contributed by atoms with Gasteiger partial charge in [-0.1, -0.05) is 13.3 Å². The third kappa shape index (κ3) is 6.28. The van der Waals surface area contributed by atoms with Crippen LogP contribution >= 0.6 is 0 Å². The number of fused-ring (bicyclic) bond motifs is 1. The lowest BCUT2D eigenvalue weighted by Gasteiger charge is -2.35. The van der Waals surface area contributed by atoms with Crippen LogP contribution in [0.15, 0.2) is 47.4 Å². The van der Waals surface area contributed by atoms with Crippen LogP contribution < -0.4 is 19.1 Å². The standard InChI is InChI=1S/C26H34FN3O5S/c1-2-21-6-3-4-14-29(21)15-5-13-28-26(31)19-30(22-9-7-20(27)8-10-22)36(32,33)23-11-12-24-25(18-23)35-17-16-34-24/h7-12,18,21H,2-6,13-17,19H2,1H3,(H,28,31). The Kier molecular flexibility index (Phi) is 8.68. The largest absolute Gasteiger partial charge is 0.486 e. The van der Waals surface area contributed by atoms with E-state index in [9.17, 15) is 17.6 Å². The van der Waals surface area contributed by atoms with E-state index < -0.39 is 28.3 Å². The van der Waals surface area contributed by atoms with Gasteiger partial charge in [0.1, 0.15) is 25.6 Å². The molecule has 1 unspecified atom stereocenters. The molecule has 0 aliphatic carbocycles. The lowest BCUT2D eigenvalue weighted by atomic mass is 10.00. The highest BCUT2D eigenvalue weighted by Gasteiger charge is 2.29. The third-order valence-electron chi connectivity index (χ3n) is 6.67. The number of hydrogen-bond donors (Lipinski definition) is 1. The first-order valence-corrected chi connectivity index (χ1v) is 14.0. The Bertz CT molecular complexity index is 1140. The predicted octanol–water partition coefficient (Wildman–Crippen LogP) is 3.56. The number of carbonyl (C=O) groups excluding carboxylic acids is 1. The fourth-order valence-corrected chi connectivity index (χ4v) is 6.18. The Morgan fingerprint density at radius 3 is 2.61 bits per heavy atom. The highest BCUT2D eigenvalue weighted by molar-refractivity contribution is 7.92. The van der Waals surface area contributed by atoms with E-state index in [0.29, 0.717) is 37.3 Å². The molecule has 0 radical (unpaired) electrons. The summed E-state index contributed by atoms with van der Waals surface area (Å²) >= 11 is 0. The van der Waals surface area contributed by atoms with Gasteiger partial charge < -0.3 is 19.7 Å². The molecule has 0 saturated carbocycles. The Hall–Kier alpha value is -2.85. The molecule has 1 atom stereocenters. The second-order valence-corrected chi connectivity index (χ2v) is 11.0. The summed E-state index contributed by atoms with van der Waals surface area (Å²) in [5.41, 5.74) is 0.195. The molecule has 1 saturated heterocycles. The van der Waals surface area contributed by atoms with Gasteiger partial charge in [-0.25, -0.2) is 12.8 Å². The highest BCUT2D eigenvalue weighted by Crippen LogP contribution is 2.34. The number of nitrogens with zero attached hydrogens (tertiary/aromatic N) is 2. The molecule has 0 spiro atoms. The number of halogens is 1. The monoisotopic (exact) mass is 519 g/mol. The molecular weight excluding hydrogens is 485 g/mol. The van der Waals surface area contributed by atoms with Gasteiger partial charge in [-0.3, -0.25) is 9.10 Å². The van der Waals surface area contributed by atoms with Gasteiger partial charge in [0.25, 0.3) is 10.0 Å². The number of ether oxygens (including phenoxy) is 2. The van der Waals surface area contributed by atoms with Gasteiger partial charge in [0.2, 0.25) is 5.91 Å². The van der Waals surface area contributed by atoms with Crippen LogP contribution in [0.4, 0.5) is 10.1 Å². The summed E-state index contributed by atoms with van der Waals surface area (Å²) in [6.07, 6.45) is 5.59. The number of nitrogens with one attached hydrogen (secondary N) is 1. The van der Waals surface area contributed by atoms with Crippen molar-refractivity contribution >= 4 is 21.6 Å². The van der Waals surface area contributed by atoms with Crippen molar-refractivity contribution in [1.82, 2.24) is 10.2 Å². The molecule has 2 aliphatic rings. The fraction of sp³-hybridized carbons (Fsp3) is 0.500. The SMILES string of the molecule is CCC1CCCCN1CCCNC(=O)CN(c1ccc(F)cc1)S(=O)(=O)c1ccc2c(c1)OCCO2. The molecule has 1 fully saturated rings. The van der Waals surface area contributed by atoms with Crippen LogP contribution in [0.5, 0.6) is 11.5 Å². The van der Waals surface area contributed by atoms with E-state index in [-0.39, 0.29) is 10.6 Å². The van der Waals surface area contributed by atoms with Crippen molar-refractivity contribution < 1.29 is 27.1 Å². The first-order valence-electron chi connectivity index (χ1n) is 12.6. The van der Waals surface area contributed by atoms with E-state index in [2.05, 4.69) is 17.1 Å². The molecule has 1 amide bonds. The summed E-state index contributed by atoms with van der Waals surface area (Å²) in [6.45, 7) is 4.91. The number of amides is 1. The van der Waals surface area contributed by atoms with Gasteiger partial charge in [-0.05, 0) is 68.6 Å². The highest BCUT2D eigenvalue weighted by atomic mass is 32.2. The maximum absolute atomic E-state index is 13.6. The Labute approximate surface area is 212 Å². The van der Waals surface area contributed by atoms with Crippen molar-refractivity contribution in [3.63, 3.8) is 0 Å². The third-order valence-corrected chi connectivity index (χ3v) is 8.44. The van der Waals surface area contributed by atoms with E-state index in [0.717, 1.165) is 30.2 Å². The number of hydrogen-bond acceptors (Lipinski definition) is 6. The normalized spacial score (nSPS) is 18.0. The van der Waals surface area contributed by atoms with Crippen LogP contribution in [-0.4, -0.2) is 64.7 Å². The molecule has 36 heavy (non-hydrogen) atoms. The Balaban J connectivity index is 1.44. The maximum atomic E-state index is 13.6. The van der Waals surface area contributed by atoms with Gasteiger partial charge in [0.15, 0.2) is 11.5 Å². The molecule has 4 rings (SSSR count). The van der Waals surface area contributed by atoms with Crippen molar-refractivity contribution in [3.05, 3.63) is 48.3 Å². The lowest BCUT2D eigenvalue weighted by molar-refractivity contribution is -0.119. The minimum Gasteiger partial charge on any atom is -0.486 e. The number of carbonyl (C=O) groups is 1. The second kappa shape index (κ2) is 11.9. The summed E-state index contributed by atoms with van der Waals surface area (Å²) in [7, 11) is -4.15. The van der Waals surface area contributed by atoms with E-state index in [1.807, 2.05) is 0 Å². The average Bonchev–Trinajstić information content (AvgIpc) is 2.90. The molecule has 2 aromatic carbocycles. The number of benzene rings is 2. The molecule has 196 valence electrons. The zero-order valence-corrected chi connectivity index (χ0v) is 21.4. The molecule has 10 heteroatoms. The van der Waals surface area contributed by atoms with Gasteiger partial charge >= 0.3 is 0 Å². The summed E-state index contributed by atoms with van der Waals surface area (Å²) < 4.78 is 52.7. The summed E-state index contributed by atoms with van der Waals surface area (Å²) in [5.74, 6) is -0.131. The second-order valence-electron chi connectivity index (χ2n) is 9.09. The van der Waals surface area contributed by atoms with Crippen LogP contribution in [0, 0.1) is 5.82 Å². The van der Waals surface area contributed by atoms with E-state index in [4.69, 9.17) is 9.47 Å². The van der Waals surface area contributed by atoms with Crippen molar-refractivity contribution in [2.24, 2.45) is 0 Å². The first-order chi connectivity index (χ1) is 17.4. The van der Waals surface area contributed by atoms with E-state index >= 15 is 0 Å². The lowest BCUT2D eigenvalue weighted by Crippen LogP contribution is -2.43. The molecule has 0 aromatic heterocycles. The van der Waals surface area contributed by atoms with Crippen LogP contribution in [-0.2, 0) is 14.8 Å². The molecular formula is C26H34FN3O5S. The van der Waals surface area contributed by atoms with E-state index in [1.165, 1.54) is 61.7 Å². The smallest absolute Gasteiger partial charge is 0.264 e. The van der Waals surface area contributed by atoms with Crippen LogP contribution in [0.3, 0.4) is 0 Å². The average molecular weight is 520 g/mol. The molecule has 2 aromatic rings. The van der Waals surface area contributed by atoms with Crippen molar-refractivity contribution in [1.29, 1.82) is 0 Å². The predicted molar refractivity (Wildman–Crippen MR) is 135 cm³/mol. The first kappa shape index (κ1) is 26.2. The van der Waals surface area contributed by atoms with E-state index in [1.54, 1.807) is 0 Å². The summed E-state index contributed by atoms with van der Waals surface area (Å²) in [4.78, 5) is 15.3. The molecule has 1 N–H and O–H groups in total. The topological polar surface area (TPSA) is 88.2 Å². The zero-order valence-electron chi connectivity index (χ0n) is 20.6. The van der Waals surface area contributed by atoms with Crippen LogP contribution in [0.25, 0.3) is 0 Å². The minimum atomic E-state index is -4.15. The molecule has 0 bridgehead atoms. The quantitative estimate of drug-likeness (QED) is 0.483. The number of sulfonamides is 1. The van der Waals surface area contributed by atoms with Crippen molar-refractivity contribution in [2.45, 2.75) is 50.0 Å². The van der Waals surface area contributed by atoms with Crippen molar-refractivity contribution in [3.8, 4) is 11.5 Å². The van der Waals surface area contributed by atoms with Gasteiger partial charge in [-0.15, -0.1) is 0 Å². The zero-order chi connectivity index (χ0) is 25.5. The summed E-state index contributed by atoms with van der Waals surface area (Å²) in [5, 5.41) is 2.85. The molecule has 2 aliphatic heterocycles. The number of piperidine rings is 1. The number of anilines is 1. The van der Waals surface area contributed by atoms with Gasteiger partial charge in [0, 0.05) is 25.2 Å². The Morgan fingerprint density at radius 1 is 1.11 bits per heavy atom. The molecule has 8 nitrogen and oxygen atoms in total. The van der Waals surface area contributed by atoms with Crippen LogP contribution in [0.1, 0.15) is 39.0 Å². The minimum absolute atomic E-state index is 0.0421. The number of rotatable bonds is 10. The van der Waals surface area contributed by atoms with Crippen molar-refractivity contribution in [2.75, 3.05) is 43.7 Å². The van der Waals surface area contributed by atoms with Gasteiger partial charge in [-0.2, -0.15) is 0 Å². The fourth-order valence-electron chi connectivity index (χ4n) is 4.75. The number of likely N-dealkylation sites (tertiary alicyclic amines) is 1. The maximum Gasteiger partial charge on any atom is 0.264 e. The van der Waals surface area contributed by atoms with Crippen LogP contribution in [0.2, 0.25) is 0 Å². The van der Waals surface area contributed by atoms with Gasteiger partial charge in [0.05, 0.1) is 10.6 Å². The summed E-state index contributed by atoms with van der Waals surface area (Å²) in [6, 6.07) is 9.97. The Morgan fingerprint density at radius 2 is 1.86 bits per heavy atom. The molecule has 2 heterocycles.